The van der Waals surface area contributed by atoms with Crippen molar-refractivity contribution < 1.29 is 14.3 Å². The molecule has 1 aliphatic rings. The minimum absolute atomic E-state index is 0.0292. The van der Waals surface area contributed by atoms with Crippen LogP contribution in [0.3, 0.4) is 0 Å². The van der Waals surface area contributed by atoms with Crippen molar-refractivity contribution in [2.24, 2.45) is 5.92 Å². The Bertz CT molecular complexity index is 637. The molecule has 0 spiro atoms. The lowest BCUT2D eigenvalue weighted by molar-refractivity contribution is 0.00634. The van der Waals surface area contributed by atoms with Crippen molar-refractivity contribution in [2.45, 2.75) is 20.0 Å². The Kier molecular flexibility index (Phi) is 3.92. The maximum Gasteiger partial charge on any atom is 0.410 e. The van der Waals surface area contributed by atoms with Crippen molar-refractivity contribution in [1.82, 2.24) is 14.9 Å². The molecule has 21 heavy (non-hydrogen) atoms. The van der Waals surface area contributed by atoms with Crippen molar-refractivity contribution >= 4 is 27.8 Å². The zero-order chi connectivity index (χ0) is 14.8. The van der Waals surface area contributed by atoms with Gasteiger partial charge in [-0.1, -0.05) is 25.2 Å². The highest BCUT2D eigenvalue weighted by molar-refractivity contribution is 7.15. The van der Waals surface area contributed by atoms with E-state index in [4.69, 9.17) is 9.47 Å². The SMILES string of the molecule is CC(C)COC(=O)N1CC(Oc2ccc3n[c]sc3n2)C1. The molecular weight excluding hydrogens is 290 g/mol. The highest BCUT2D eigenvalue weighted by Gasteiger charge is 2.33. The Balaban J connectivity index is 1.49. The van der Waals surface area contributed by atoms with Crippen LogP contribution in [0.1, 0.15) is 13.8 Å². The zero-order valence-electron chi connectivity index (χ0n) is 11.9. The van der Waals surface area contributed by atoms with E-state index in [1.54, 1.807) is 11.0 Å². The highest BCUT2D eigenvalue weighted by atomic mass is 32.1. The third-order valence-corrected chi connectivity index (χ3v) is 3.73. The molecule has 1 amide bonds. The summed E-state index contributed by atoms with van der Waals surface area (Å²) in [5, 5.41) is 0. The van der Waals surface area contributed by atoms with Crippen LogP contribution < -0.4 is 4.74 Å². The second-order valence-electron chi connectivity index (χ2n) is 5.39. The minimum Gasteiger partial charge on any atom is -0.471 e. The Morgan fingerprint density at radius 1 is 1.52 bits per heavy atom. The van der Waals surface area contributed by atoms with Crippen LogP contribution in [0.4, 0.5) is 4.79 Å². The number of carbonyl (C=O) groups is 1. The van der Waals surface area contributed by atoms with E-state index < -0.39 is 0 Å². The number of pyridine rings is 1. The number of nitrogens with zero attached hydrogens (tertiary/aromatic N) is 3. The molecule has 1 saturated heterocycles. The summed E-state index contributed by atoms with van der Waals surface area (Å²) in [6.45, 7) is 5.53. The predicted molar refractivity (Wildman–Crippen MR) is 78.4 cm³/mol. The van der Waals surface area contributed by atoms with Gasteiger partial charge in [0.2, 0.25) is 5.88 Å². The maximum absolute atomic E-state index is 11.7. The number of carbonyl (C=O) groups excluding carboxylic acids is 1. The Labute approximate surface area is 126 Å². The minimum atomic E-state index is -0.274. The van der Waals surface area contributed by atoms with Crippen molar-refractivity contribution in [3.05, 3.63) is 17.6 Å². The van der Waals surface area contributed by atoms with E-state index in [0.717, 1.165) is 10.3 Å². The fourth-order valence-corrected chi connectivity index (χ4v) is 2.50. The molecule has 6 nitrogen and oxygen atoms in total. The van der Waals surface area contributed by atoms with Crippen molar-refractivity contribution in [2.75, 3.05) is 19.7 Å². The van der Waals surface area contributed by atoms with E-state index in [1.807, 2.05) is 19.9 Å². The average molecular weight is 306 g/mol. The Morgan fingerprint density at radius 3 is 3.10 bits per heavy atom. The zero-order valence-corrected chi connectivity index (χ0v) is 12.7. The maximum atomic E-state index is 11.7. The number of fused-ring (bicyclic) bond motifs is 1. The van der Waals surface area contributed by atoms with Crippen LogP contribution in [0, 0.1) is 11.4 Å². The molecule has 0 aromatic carbocycles. The van der Waals surface area contributed by atoms with Crippen LogP contribution in [0.5, 0.6) is 5.88 Å². The number of ether oxygens (including phenoxy) is 2. The van der Waals surface area contributed by atoms with Crippen LogP contribution in [0.25, 0.3) is 10.3 Å². The molecule has 2 aromatic heterocycles. The molecule has 1 fully saturated rings. The molecule has 111 valence electrons. The van der Waals surface area contributed by atoms with Gasteiger partial charge in [0, 0.05) is 6.07 Å². The molecule has 1 radical (unpaired) electrons. The molecule has 0 N–H and O–H groups in total. The van der Waals surface area contributed by atoms with Crippen LogP contribution in [-0.2, 0) is 4.74 Å². The molecular formula is C14H16N3O3S. The largest absolute Gasteiger partial charge is 0.471 e. The molecule has 0 saturated carbocycles. The molecule has 0 unspecified atom stereocenters. The molecule has 2 aromatic rings. The van der Waals surface area contributed by atoms with Gasteiger partial charge in [-0.25, -0.2) is 14.8 Å². The van der Waals surface area contributed by atoms with E-state index in [-0.39, 0.29) is 12.2 Å². The van der Waals surface area contributed by atoms with Crippen LogP contribution >= 0.6 is 11.3 Å². The summed E-state index contributed by atoms with van der Waals surface area (Å²) >= 11 is 1.36. The number of rotatable bonds is 4. The summed E-state index contributed by atoms with van der Waals surface area (Å²) in [6.07, 6.45) is -0.303. The third kappa shape index (κ3) is 3.24. The third-order valence-electron chi connectivity index (χ3n) is 3.06. The van der Waals surface area contributed by atoms with E-state index in [2.05, 4.69) is 15.5 Å². The summed E-state index contributed by atoms with van der Waals surface area (Å²) in [4.78, 5) is 22.5. The second-order valence-corrected chi connectivity index (χ2v) is 6.17. The van der Waals surface area contributed by atoms with Gasteiger partial charge in [-0.3, -0.25) is 0 Å². The fraction of sp³-hybridized carbons (Fsp3) is 0.500. The van der Waals surface area contributed by atoms with E-state index >= 15 is 0 Å². The molecule has 0 atom stereocenters. The Hall–Kier alpha value is -1.89. The summed E-state index contributed by atoms with van der Waals surface area (Å²) in [7, 11) is 0. The van der Waals surface area contributed by atoms with Gasteiger partial charge in [0.15, 0.2) is 5.51 Å². The summed E-state index contributed by atoms with van der Waals surface area (Å²) in [5.41, 5.74) is 3.61. The lowest BCUT2D eigenvalue weighted by Gasteiger charge is -2.37. The van der Waals surface area contributed by atoms with Crippen molar-refractivity contribution in [3.63, 3.8) is 0 Å². The normalized spacial score (nSPS) is 15.3. The van der Waals surface area contributed by atoms with Crippen LogP contribution in [0.2, 0.25) is 0 Å². The second kappa shape index (κ2) is 5.85. The predicted octanol–water partition coefficient (Wildman–Crippen LogP) is 2.35. The van der Waals surface area contributed by atoms with Gasteiger partial charge in [0.1, 0.15) is 16.5 Å². The Morgan fingerprint density at radius 2 is 2.33 bits per heavy atom. The first-order valence-electron chi connectivity index (χ1n) is 6.84. The van der Waals surface area contributed by atoms with Gasteiger partial charge in [0.05, 0.1) is 19.7 Å². The molecule has 0 aliphatic carbocycles. The summed E-state index contributed by atoms with van der Waals surface area (Å²) < 4.78 is 10.9. The average Bonchev–Trinajstić information content (AvgIpc) is 2.87. The van der Waals surface area contributed by atoms with E-state index in [9.17, 15) is 4.79 Å². The number of likely N-dealkylation sites (tertiary alicyclic amines) is 1. The molecule has 3 heterocycles. The molecule has 1 aliphatic heterocycles. The number of thiazole rings is 1. The number of amides is 1. The highest BCUT2D eigenvalue weighted by Crippen LogP contribution is 2.21. The number of hydrogen-bond donors (Lipinski definition) is 0. The number of hydrogen-bond acceptors (Lipinski definition) is 6. The molecule has 3 rings (SSSR count). The summed E-state index contributed by atoms with van der Waals surface area (Å²) in [6, 6.07) is 3.65. The first-order valence-corrected chi connectivity index (χ1v) is 7.65. The van der Waals surface area contributed by atoms with Crippen molar-refractivity contribution in [3.8, 4) is 5.88 Å². The van der Waals surface area contributed by atoms with Crippen LogP contribution in [0.15, 0.2) is 12.1 Å². The molecule has 7 heteroatoms. The van der Waals surface area contributed by atoms with Gasteiger partial charge < -0.3 is 14.4 Å². The molecule has 0 bridgehead atoms. The lowest BCUT2D eigenvalue weighted by Crippen LogP contribution is -2.56. The lowest BCUT2D eigenvalue weighted by atomic mass is 10.2. The van der Waals surface area contributed by atoms with Gasteiger partial charge in [-0.2, -0.15) is 0 Å². The van der Waals surface area contributed by atoms with E-state index in [1.165, 1.54) is 11.3 Å². The summed E-state index contributed by atoms with van der Waals surface area (Å²) in [5.74, 6) is 0.898. The quantitative estimate of drug-likeness (QED) is 0.867. The van der Waals surface area contributed by atoms with Gasteiger partial charge in [0.25, 0.3) is 0 Å². The monoisotopic (exact) mass is 306 g/mol. The van der Waals surface area contributed by atoms with E-state index in [0.29, 0.717) is 31.5 Å². The standard InChI is InChI=1S/C14H16N3O3S/c1-9(2)7-19-14(18)17-5-10(6-17)20-12-4-3-11-13(16-12)21-8-15-11/h3-4,9-10H,5-7H2,1-2H3. The smallest absolute Gasteiger partial charge is 0.410 e. The van der Waals surface area contributed by atoms with Gasteiger partial charge >= 0.3 is 6.09 Å². The first kappa shape index (κ1) is 14.1. The van der Waals surface area contributed by atoms with Crippen molar-refractivity contribution in [1.29, 1.82) is 0 Å². The van der Waals surface area contributed by atoms with Gasteiger partial charge in [-0.15, -0.1) is 0 Å². The van der Waals surface area contributed by atoms with Crippen LogP contribution in [-0.4, -0.2) is 46.8 Å². The topological polar surface area (TPSA) is 64.5 Å². The first-order chi connectivity index (χ1) is 10.1. The number of aromatic nitrogens is 2. The fourth-order valence-electron chi connectivity index (χ4n) is 1.92. The van der Waals surface area contributed by atoms with Gasteiger partial charge in [-0.05, 0) is 12.0 Å².